The van der Waals surface area contributed by atoms with E-state index in [0.29, 0.717) is 31.2 Å². The number of halogens is 5. The Kier molecular flexibility index (Phi) is 6.25. The number of fused-ring (bicyclic) bond motifs is 3. The van der Waals surface area contributed by atoms with E-state index in [1.54, 1.807) is 4.90 Å². The van der Waals surface area contributed by atoms with Crippen LogP contribution in [-0.4, -0.2) is 22.9 Å². The van der Waals surface area contributed by atoms with Crippen molar-refractivity contribution in [2.24, 2.45) is 0 Å². The average Bonchev–Trinajstić information content (AvgIpc) is 3.27. The van der Waals surface area contributed by atoms with Gasteiger partial charge in [-0.1, -0.05) is 23.7 Å². The summed E-state index contributed by atoms with van der Waals surface area (Å²) >= 11 is 6.31. The molecule has 0 spiro atoms. The van der Waals surface area contributed by atoms with Crippen molar-refractivity contribution in [3.63, 3.8) is 0 Å². The number of hydrogen-bond acceptors (Lipinski definition) is 2. The molecule has 0 aliphatic carbocycles. The highest BCUT2D eigenvalue weighted by molar-refractivity contribution is 6.34. The van der Waals surface area contributed by atoms with E-state index in [9.17, 15) is 27.2 Å². The highest BCUT2D eigenvalue weighted by Crippen LogP contribution is 2.33. The van der Waals surface area contributed by atoms with E-state index in [4.69, 9.17) is 11.6 Å². The summed E-state index contributed by atoms with van der Waals surface area (Å²) in [5.41, 5.74) is 0.955. The van der Waals surface area contributed by atoms with Crippen LogP contribution in [0, 0.1) is 5.82 Å². The van der Waals surface area contributed by atoms with Gasteiger partial charge in [-0.05, 0) is 60.7 Å². The van der Waals surface area contributed by atoms with Gasteiger partial charge in [-0.15, -0.1) is 0 Å². The predicted molar refractivity (Wildman–Crippen MR) is 132 cm³/mol. The van der Waals surface area contributed by atoms with Gasteiger partial charge >= 0.3 is 6.18 Å². The lowest BCUT2D eigenvalue weighted by molar-refractivity contribution is -0.137. The largest absolute Gasteiger partial charge is 0.416 e. The van der Waals surface area contributed by atoms with Gasteiger partial charge in [0.05, 0.1) is 33.2 Å². The molecule has 1 aliphatic heterocycles. The molecule has 1 aromatic heterocycles. The lowest BCUT2D eigenvalue weighted by Gasteiger charge is -2.23. The number of nitrogens with one attached hydrogen (secondary N) is 1. The van der Waals surface area contributed by atoms with Crippen molar-refractivity contribution in [1.29, 1.82) is 0 Å². The van der Waals surface area contributed by atoms with Gasteiger partial charge in [0.1, 0.15) is 5.82 Å². The van der Waals surface area contributed by atoms with Crippen LogP contribution in [0.3, 0.4) is 0 Å². The van der Waals surface area contributed by atoms with E-state index < -0.39 is 29.0 Å². The number of anilines is 2. The molecule has 0 saturated heterocycles. The average molecular weight is 528 g/mol. The summed E-state index contributed by atoms with van der Waals surface area (Å²) in [4.78, 5) is 27.7. The maximum absolute atomic E-state index is 14.1. The summed E-state index contributed by atoms with van der Waals surface area (Å²) in [6.45, 7) is 0.421. The van der Waals surface area contributed by atoms with Gasteiger partial charge in [0.15, 0.2) is 0 Å². The Morgan fingerprint density at radius 3 is 2.41 bits per heavy atom. The summed E-state index contributed by atoms with van der Waals surface area (Å²) in [6.07, 6.45) is -2.18. The molecule has 2 amide bonds. The van der Waals surface area contributed by atoms with Gasteiger partial charge in [-0.25, -0.2) is 4.39 Å². The molecule has 2 heterocycles. The number of aromatic nitrogens is 1. The lowest BCUT2D eigenvalue weighted by Crippen LogP contribution is -2.32. The van der Waals surface area contributed by atoms with Crippen LogP contribution in [-0.2, 0) is 12.6 Å². The maximum atomic E-state index is 14.1. The summed E-state index contributed by atoms with van der Waals surface area (Å²) in [7, 11) is 0. The van der Waals surface area contributed by atoms with E-state index in [1.165, 1.54) is 18.2 Å². The van der Waals surface area contributed by atoms with Crippen molar-refractivity contribution in [2.75, 3.05) is 16.8 Å². The molecule has 0 atom stereocenters. The number of amides is 2. The Labute approximate surface area is 213 Å². The van der Waals surface area contributed by atoms with Crippen LogP contribution in [0.25, 0.3) is 5.69 Å². The van der Waals surface area contributed by atoms with Crippen molar-refractivity contribution >= 4 is 34.8 Å². The number of para-hydroxylation sites is 2. The van der Waals surface area contributed by atoms with Crippen LogP contribution in [0.4, 0.5) is 28.9 Å². The second kappa shape index (κ2) is 9.40. The topological polar surface area (TPSA) is 54.3 Å². The highest BCUT2D eigenvalue weighted by atomic mass is 35.5. The molecule has 1 N–H and O–H groups in total. The van der Waals surface area contributed by atoms with Crippen LogP contribution in [0.1, 0.15) is 32.0 Å². The van der Waals surface area contributed by atoms with Crippen molar-refractivity contribution in [3.05, 3.63) is 112 Å². The van der Waals surface area contributed by atoms with Crippen molar-refractivity contribution in [2.45, 2.75) is 12.6 Å². The Morgan fingerprint density at radius 2 is 1.68 bits per heavy atom. The molecule has 0 radical (unpaired) electrons. The minimum Gasteiger partial charge on any atom is -0.321 e. The first-order valence-corrected chi connectivity index (χ1v) is 11.6. The van der Waals surface area contributed by atoms with Gasteiger partial charge in [-0.3, -0.25) is 9.59 Å². The highest BCUT2D eigenvalue weighted by Gasteiger charge is 2.32. The SMILES string of the molecule is O=C(Nc1ccc(C(=O)N2CCc3cccn3-c3ccccc32)cc1Cl)c1cc(C(F)(F)F)ccc1F. The van der Waals surface area contributed by atoms with Crippen LogP contribution >= 0.6 is 11.6 Å². The zero-order chi connectivity index (χ0) is 26.3. The first-order valence-electron chi connectivity index (χ1n) is 11.2. The van der Waals surface area contributed by atoms with Crippen LogP contribution < -0.4 is 10.2 Å². The molecular weight excluding hydrogens is 510 g/mol. The number of carbonyl (C=O) groups excluding carboxylic acids is 2. The molecule has 37 heavy (non-hydrogen) atoms. The Hall–Kier alpha value is -4.11. The number of alkyl halides is 3. The lowest BCUT2D eigenvalue weighted by atomic mass is 10.1. The summed E-state index contributed by atoms with van der Waals surface area (Å²) in [5.74, 6) is -2.53. The third-order valence-corrected chi connectivity index (χ3v) is 6.42. The molecule has 0 saturated carbocycles. The van der Waals surface area contributed by atoms with Crippen LogP contribution in [0.5, 0.6) is 0 Å². The molecule has 3 aromatic carbocycles. The van der Waals surface area contributed by atoms with Crippen molar-refractivity contribution < 1.29 is 27.2 Å². The Balaban J connectivity index is 1.40. The van der Waals surface area contributed by atoms with Crippen LogP contribution in [0.15, 0.2) is 79.0 Å². The zero-order valence-corrected chi connectivity index (χ0v) is 19.8. The molecule has 5 nitrogen and oxygen atoms in total. The molecular formula is C27H18ClF4N3O2. The minimum atomic E-state index is -4.74. The monoisotopic (exact) mass is 527 g/mol. The number of benzene rings is 3. The van der Waals surface area contributed by atoms with Crippen LogP contribution in [0.2, 0.25) is 5.02 Å². The first-order chi connectivity index (χ1) is 17.6. The number of carbonyl (C=O) groups is 2. The zero-order valence-electron chi connectivity index (χ0n) is 19.0. The van der Waals surface area contributed by atoms with Crippen molar-refractivity contribution in [3.8, 4) is 5.69 Å². The van der Waals surface area contributed by atoms with E-state index in [2.05, 4.69) is 5.32 Å². The fraction of sp³-hybridized carbons (Fsp3) is 0.111. The summed E-state index contributed by atoms with van der Waals surface area (Å²) in [6, 6.07) is 17.2. The molecule has 1 aliphatic rings. The molecule has 4 aromatic rings. The van der Waals surface area contributed by atoms with Gasteiger partial charge in [0.25, 0.3) is 11.8 Å². The van der Waals surface area contributed by atoms with E-state index in [1.807, 2.05) is 47.2 Å². The van der Waals surface area contributed by atoms with Gasteiger partial charge in [0, 0.05) is 30.4 Å². The fourth-order valence-corrected chi connectivity index (χ4v) is 4.51. The number of nitrogens with zero attached hydrogens (tertiary/aromatic N) is 2. The van der Waals surface area contributed by atoms with Crippen molar-refractivity contribution in [1.82, 2.24) is 4.57 Å². The second-order valence-electron chi connectivity index (χ2n) is 8.41. The Bertz CT molecular complexity index is 1530. The minimum absolute atomic E-state index is 0.0206. The Morgan fingerprint density at radius 1 is 0.919 bits per heavy atom. The second-order valence-corrected chi connectivity index (χ2v) is 8.81. The number of rotatable bonds is 3. The van der Waals surface area contributed by atoms with Gasteiger partial charge in [-0.2, -0.15) is 13.2 Å². The first kappa shape index (κ1) is 24.6. The fourth-order valence-electron chi connectivity index (χ4n) is 4.28. The smallest absolute Gasteiger partial charge is 0.321 e. The number of hydrogen-bond donors (Lipinski definition) is 1. The third kappa shape index (κ3) is 4.70. The predicted octanol–water partition coefficient (Wildman–Crippen LogP) is 6.74. The van der Waals surface area contributed by atoms with Gasteiger partial charge < -0.3 is 14.8 Å². The van der Waals surface area contributed by atoms with Gasteiger partial charge in [0.2, 0.25) is 0 Å². The maximum Gasteiger partial charge on any atom is 0.416 e. The molecule has 10 heteroatoms. The third-order valence-electron chi connectivity index (χ3n) is 6.10. The standard InChI is InChI=1S/C27H18ClF4N3O2/c28-20-14-16(7-10-22(20)33-25(36)19-15-17(27(30,31)32)8-9-21(19)29)26(37)35-13-11-18-4-3-12-34(18)23-5-1-2-6-24(23)35/h1-10,12,14-15H,11,13H2,(H,33,36). The van der Waals surface area contributed by atoms with E-state index in [0.717, 1.165) is 17.1 Å². The summed E-state index contributed by atoms with van der Waals surface area (Å²) < 4.78 is 55.1. The van der Waals surface area contributed by atoms with E-state index in [-0.39, 0.29) is 22.2 Å². The quantitative estimate of drug-likeness (QED) is 0.300. The molecule has 0 fully saturated rings. The van der Waals surface area contributed by atoms with E-state index >= 15 is 0 Å². The molecule has 5 rings (SSSR count). The molecule has 0 unspecified atom stereocenters. The molecule has 188 valence electrons. The summed E-state index contributed by atoms with van der Waals surface area (Å²) in [5, 5.41) is 2.29. The molecule has 0 bridgehead atoms. The normalized spacial score (nSPS) is 12.9.